The number of carboxylic acids is 1. The molecule has 0 amide bonds. The highest BCUT2D eigenvalue weighted by Gasteiger charge is 2.35. The Bertz CT molecular complexity index is 170. The molecule has 0 unspecified atom stereocenters. The summed E-state index contributed by atoms with van der Waals surface area (Å²) in [4.78, 5) is 16.0. The topological polar surface area (TPSA) is 58.6 Å². The zero-order valence-electron chi connectivity index (χ0n) is 8.01. The third-order valence-electron chi connectivity index (χ3n) is 2.56. The number of rotatable bonds is 4. The van der Waals surface area contributed by atoms with Crippen LogP contribution in [0.5, 0.6) is 0 Å². The third-order valence-corrected chi connectivity index (χ3v) is 2.56. The lowest BCUT2D eigenvalue weighted by Gasteiger charge is -2.34. The second-order valence-corrected chi connectivity index (χ2v) is 3.62. The standard InChI is InChI=1S/C9H17NO3/c1-10-13-9(7-8(11)12)5-3-2-4-6-9/h10H,2-7H2,1H3,(H,11,12). The number of carboxylic acid groups (broad SMARTS) is 1. The zero-order chi connectivity index (χ0) is 9.73. The van der Waals surface area contributed by atoms with Gasteiger partial charge in [0.15, 0.2) is 0 Å². The van der Waals surface area contributed by atoms with E-state index in [2.05, 4.69) is 5.48 Å². The summed E-state index contributed by atoms with van der Waals surface area (Å²) in [6, 6.07) is 0. The molecule has 0 saturated heterocycles. The van der Waals surface area contributed by atoms with Crippen LogP contribution in [-0.2, 0) is 9.63 Å². The predicted molar refractivity (Wildman–Crippen MR) is 48.2 cm³/mol. The van der Waals surface area contributed by atoms with E-state index in [1.54, 1.807) is 7.05 Å². The van der Waals surface area contributed by atoms with Gasteiger partial charge in [0.05, 0.1) is 6.42 Å². The van der Waals surface area contributed by atoms with Crippen LogP contribution in [0.4, 0.5) is 0 Å². The number of hydroxylamine groups is 1. The van der Waals surface area contributed by atoms with E-state index < -0.39 is 11.6 Å². The molecule has 13 heavy (non-hydrogen) atoms. The molecule has 0 aromatic carbocycles. The van der Waals surface area contributed by atoms with E-state index in [1.165, 1.54) is 6.42 Å². The van der Waals surface area contributed by atoms with Gasteiger partial charge in [-0.15, -0.1) is 0 Å². The van der Waals surface area contributed by atoms with Gasteiger partial charge in [-0.25, -0.2) is 5.48 Å². The first-order chi connectivity index (χ1) is 6.18. The van der Waals surface area contributed by atoms with Gasteiger partial charge in [0.1, 0.15) is 5.60 Å². The maximum absolute atomic E-state index is 10.6. The Hall–Kier alpha value is -0.610. The Morgan fingerprint density at radius 2 is 2.08 bits per heavy atom. The molecule has 0 aromatic rings. The van der Waals surface area contributed by atoms with Crippen LogP contribution in [0.2, 0.25) is 0 Å². The third kappa shape index (κ3) is 2.97. The molecule has 1 aliphatic carbocycles. The van der Waals surface area contributed by atoms with Gasteiger partial charge < -0.3 is 5.11 Å². The van der Waals surface area contributed by atoms with Crippen LogP contribution >= 0.6 is 0 Å². The lowest BCUT2D eigenvalue weighted by atomic mass is 9.82. The summed E-state index contributed by atoms with van der Waals surface area (Å²) in [5.74, 6) is -0.780. The minimum absolute atomic E-state index is 0.105. The number of hydrogen-bond acceptors (Lipinski definition) is 3. The van der Waals surface area contributed by atoms with Crippen molar-refractivity contribution in [2.24, 2.45) is 0 Å². The molecule has 4 heteroatoms. The van der Waals surface area contributed by atoms with Gasteiger partial charge in [0, 0.05) is 7.05 Å². The molecule has 0 aliphatic heterocycles. The summed E-state index contributed by atoms with van der Waals surface area (Å²) in [5.41, 5.74) is 2.16. The first-order valence-corrected chi connectivity index (χ1v) is 4.75. The Labute approximate surface area is 78.2 Å². The van der Waals surface area contributed by atoms with Gasteiger partial charge in [-0.3, -0.25) is 9.63 Å². The van der Waals surface area contributed by atoms with Gasteiger partial charge in [0.25, 0.3) is 0 Å². The van der Waals surface area contributed by atoms with Crippen molar-refractivity contribution in [2.75, 3.05) is 7.05 Å². The molecule has 76 valence electrons. The monoisotopic (exact) mass is 187 g/mol. The molecule has 0 radical (unpaired) electrons. The van der Waals surface area contributed by atoms with Gasteiger partial charge in [-0.1, -0.05) is 19.3 Å². The number of nitrogens with one attached hydrogen (secondary N) is 1. The second kappa shape index (κ2) is 4.58. The SMILES string of the molecule is CNOC1(CC(=O)O)CCCCC1. The van der Waals surface area contributed by atoms with Crippen molar-refractivity contribution in [3.63, 3.8) is 0 Å². The van der Waals surface area contributed by atoms with E-state index in [9.17, 15) is 4.79 Å². The Balaban J connectivity index is 2.55. The number of hydrogen-bond donors (Lipinski definition) is 2. The van der Waals surface area contributed by atoms with Crippen molar-refractivity contribution >= 4 is 5.97 Å². The summed E-state index contributed by atoms with van der Waals surface area (Å²) in [6.07, 6.45) is 5.12. The van der Waals surface area contributed by atoms with Crippen molar-refractivity contribution in [2.45, 2.75) is 44.1 Å². The fourth-order valence-electron chi connectivity index (χ4n) is 2.00. The van der Waals surface area contributed by atoms with Crippen molar-refractivity contribution in [1.29, 1.82) is 0 Å². The quantitative estimate of drug-likeness (QED) is 0.651. The van der Waals surface area contributed by atoms with E-state index in [0.717, 1.165) is 25.7 Å². The summed E-state index contributed by atoms with van der Waals surface area (Å²) >= 11 is 0. The van der Waals surface area contributed by atoms with Crippen LogP contribution in [0.25, 0.3) is 0 Å². The Morgan fingerprint density at radius 1 is 1.46 bits per heavy atom. The highest BCUT2D eigenvalue weighted by Crippen LogP contribution is 2.33. The van der Waals surface area contributed by atoms with E-state index in [0.29, 0.717) is 0 Å². The Kier molecular flexibility index (Phi) is 3.69. The second-order valence-electron chi connectivity index (χ2n) is 3.62. The van der Waals surface area contributed by atoms with Gasteiger partial charge in [-0.05, 0) is 12.8 Å². The van der Waals surface area contributed by atoms with E-state index >= 15 is 0 Å². The number of aliphatic carboxylic acids is 1. The van der Waals surface area contributed by atoms with Crippen LogP contribution in [0.1, 0.15) is 38.5 Å². The first kappa shape index (κ1) is 10.5. The van der Waals surface area contributed by atoms with Gasteiger partial charge in [0.2, 0.25) is 0 Å². The molecular weight excluding hydrogens is 170 g/mol. The molecule has 1 fully saturated rings. The van der Waals surface area contributed by atoms with Crippen LogP contribution in [0, 0.1) is 0 Å². The number of carbonyl (C=O) groups is 1. The molecule has 1 saturated carbocycles. The van der Waals surface area contributed by atoms with Crippen LogP contribution in [0.3, 0.4) is 0 Å². The smallest absolute Gasteiger partial charge is 0.306 e. The normalized spacial score (nSPS) is 21.3. The lowest BCUT2D eigenvalue weighted by molar-refractivity contribution is -0.157. The van der Waals surface area contributed by atoms with Crippen molar-refractivity contribution in [3.05, 3.63) is 0 Å². The van der Waals surface area contributed by atoms with Gasteiger partial charge >= 0.3 is 5.97 Å². The largest absolute Gasteiger partial charge is 0.481 e. The fourth-order valence-corrected chi connectivity index (χ4v) is 2.00. The van der Waals surface area contributed by atoms with Crippen molar-refractivity contribution < 1.29 is 14.7 Å². The van der Waals surface area contributed by atoms with Crippen molar-refractivity contribution in [1.82, 2.24) is 5.48 Å². The van der Waals surface area contributed by atoms with Crippen LogP contribution in [-0.4, -0.2) is 23.7 Å². The maximum atomic E-state index is 10.6. The molecule has 2 N–H and O–H groups in total. The van der Waals surface area contributed by atoms with E-state index in [-0.39, 0.29) is 6.42 Å². The van der Waals surface area contributed by atoms with Gasteiger partial charge in [-0.2, -0.15) is 0 Å². The van der Waals surface area contributed by atoms with Crippen molar-refractivity contribution in [3.8, 4) is 0 Å². The molecule has 1 aliphatic rings. The molecule has 0 aromatic heterocycles. The first-order valence-electron chi connectivity index (χ1n) is 4.75. The minimum atomic E-state index is -0.780. The lowest BCUT2D eigenvalue weighted by Crippen LogP contribution is -2.40. The molecular formula is C9H17NO3. The average Bonchev–Trinajstić information content (AvgIpc) is 2.04. The summed E-state index contributed by atoms with van der Waals surface area (Å²) < 4.78 is 0. The van der Waals surface area contributed by atoms with E-state index in [1.807, 2.05) is 0 Å². The average molecular weight is 187 g/mol. The predicted octanol–water partition coefficient (Wildman–Crippen LogP) is 1.31. The van der Waals surface area contributed by atoms with Crippen LogP contribution in [0.15, 0.2) is 0 Å². The highest BCUT2D eigenvalue weighted by atomic mass is 16.7. The Morgan fingerprint density at radius 3 is 2.54 bits per heavy atom. The fraction of sp³-hybridized carbons (Fsp3) is 0.889. The molecule has 4 nitrogen and oxygen atoms in total. The summed E-state index contributed by atoms with van der Waals surface area (Å²) in [7, 11) is 1.68. The molecule has 1 rings (SSSR count). The van der Waals surface area contributed by atoms with Crippen LogP contribution < -0.4 is 5.48 Å². The zero-order valence-corrected chi connectivity index (χ0v) is 8.01. The highest BCUT2D eigenvalue weighted by molar-refractivity contribution is 5.68. The minimum Gasteiger partial charge on any atom is -0.481 e. The van der Waals surface area contributed by atoms with E-state index in [4.69, 9.17) is 9.94 Å². The molecule has 0 heterocycles. The summed E-state index contributed by atoms with van der Waals surface area (Å²) in [6.45, 7) is 0. The maximum Gasteiger partial charge on any atom is 0.306 e. The molecule has 0 atom stereocenters. The molecule has 0 bridgehead atoms. The molecule has 0 spiro atoms. The summed E-state index contributed by atoms with van der Waals surface area (Å²) in [5, 5.41) is 8.75.